The minimum Gasteiger partial charge on any atom is -0.555 e. The normalized spacial score (nSPS) is 6.00. The fraction of sp³-hybridized carbons (Fsp3) is 0.500. The molecule has 5 heteroatoms. The molecule has 0 aromatic heterocycles. The van der Waals surface area contributed by atoms with Crippen molar-refractivity contribution in [2.75, 3.05) is 6.61 Å². The molecule has 0 radical (unpaired) electrons. The third-order valence-electron chi connectivity index (χ3n) is 0.204. The second kappa shape index (κ2) is 15.7. The minimum atomic E-state index is -1.83. The van der Waals surface area contributed by atoms with Crippen molar-refractivity contribution in [3.8, 4) is 0 Å². The fourth-order valence-corrected chi connectivity index (χ4v) is 0. The van der Waals surface area contributed by atoms with Gasteiger partial charge >= 0.3 is 25.0 Å². The van der Waals surface area contributed by atoms with Gasteiger partial charge in [-0.2, -0.15) is 0 Å². The Labute approximate surface area is 66.0 Å². The molecule has 0 bridgehead atoms. The molecule has 0 aliphatic carbocycles. The van der Waals surface area contributed by atoms with E-state index in [1.807, 2.05) is 6.92 Å². The van der Waals surface area contributed by atoms with Crippen molar-refractivity contribution in [3.63, 3.8) is 0 Å². The van der Waals surface area contributed by atoms with E-state index in [4.69, 9.17) is 15.0 Å². The molecule has 0 heterocycles. The van der Waals surface area contributed by atoms with E-state index in [2.05, 4.69) is 11.8 Å². The topological polar surface area (TPSA) is 66.8 Å². The zero-order valence-electron chi connectivity index (χ0n) is 5.63. The van der Waals surface area contributed by atoms with Crippen molar-refractivity contribution in [2.45, 2.75) is 6.92 Å². The van der Waals surface area contributed by atoms with Gasteiger partial charge in [-0.15, -0.1) is 0 Å². The predicted molar refractivity (Wildman–Crippen MR) is 27.6 cm³/mol. The molecule has 0 rings (SSSR count). The van der Waals surface area contributed by atoms with E-state index < -0.39 is 6.16 Å². The van der Waals surface area contributed by atoms with Gasteiger partial charge in [-0.05, 0) is 6.92 Å². The van der Waals surface area contributed by atoms with Gasteiger partial charge in [-0.3, -0.25) is 0 Å². The second-order valence-electron chi connectivity index (χ2n) is 0.775. The van der Waals surface area contributed by atoms with Gasteiger partial charge in [0.1, 0.15) is 0 Å². The SMILES string of the molecule is O=C(O)O.[CH2-]OCC.[Li+]. The summed E-state index contributed by atoms with van der Waals surface area (Å²) < 4.78 is 4.29. The van der Waals surface area contributed by atoms with Gasteiger partial charge in [0.2, 0.25) is 0 Å². The number of carboxylic acid groups (broad SMARTS) is 2. The minimum absolute atomic E-state index is 0. The molecule has 50 valence electrons. The zero-order chi connectivity index (χ0) is 6.99. The van der Waals surface area contributed by atoms with Crippen LogP contribution >= 0.6 is 0 Å². The maximum atomic E-state index is 8.56. The van der Waals surface area contributed by atoms with E-state index in [1.54, 1.807) is 0 Å². The van der Waals surface area contributed by atoms with Crippen LogP contribution in [0.4, 0.5) is 4.79 Å². The number of ether oxygens (including phenoxy) is 1. The Hall–Kier alpha value is -0.173. The van der Waals surface area contributed by atoms with Crippen LogP contribution in [0.2, 0.25) is 0 Å². The molecule has 0 aliphatic heterocycles. The standard InChI is InChI=1S/C3H7O.CH2O3.Li/c1-3-4-2;2-1(3)4;/h2-3H2,1H3;(H2,2,3,4);/q-1;;+1. The van der Waals surface area contributed by atoms with Crippen molar-refractivity contribution >= 4 is 6.16 Å². The number of rotatable bonds is 1. The summed E-state index contributed by atoms with van der Waals surface area (Å²) in [4.78, 5) is 8.56. The molecule has 0 amide bonds. The molecule has 9 heavy (non-hydrogen) atoms. The summed E-state index contributed by atoms with van der Waals surface area (Å²) in [5, 5.41) is 13.9. The van der Waals surface area contributed by atoms with Crippen LogP contribution in [0.1, 0.15) is 6.92 Å². The monoisotopic (exact) mass is 128 g/mol. The van der Waals surface area contributed by atoms with Crippen LogP contribution in [0.15, 0.2) is 0 Å². The summed E-state index contributed by atoms with van der Waals surface area (Å²) >= 11 is 0. The fourth-order valence-electron chi connectivity index (χ4n) is 0. The van der Waals surface area contributed by atoms with Crippen molar-refractivity contribution in [1.29, 1.82) is 0 Å². The summed E-state index contributed by atoms with van der Waals surface area (Å²) in [7, 11) is 3.10. The third-order valence-corrected chi connectivity index (χ3v) is 0.204. The van der Waals surface area contributed by atoms with Gasteiger partial charge in [0.05, 0.1) is 0 Å². The van der Waals surface area contributed by atoms with Crippen LogP contribution in [-0.4, -0.2) is 23.0 Å². The first kappa shape index (κ1) is 15.9. The van der Waals surface area contributed by atoms with E-state index in [0.717, 1.165) is 0 Å². The van der Waals surface area contributed by atoms with E-state index >= 15 is 0 Å². The molecular weight excluding hydrogens is 119 g/mol. The smallest absolute Gasteiger partial charge is 0.555 e. The first-order chi connectivity index (χ1) is 3.65. The maximum absolute atomic E-state index is 8.56. The average Bonchev–Trinajstić information content (AvgIpc) is 1.65. The van der Waals surface area contributed by atoms with Gasteiger partial charge < -0.3 is 14.9 Å². The van der Waals surface area contributed by atoms with Gasteiger partial charge in [0, 0.05) is 6.61 Å². The van der Waals surface area contributed by atoms with Crippen LogP contribution in [-0.2, 0) is 4.74 Å². The molecular formula is C4H9LiO4. The van der Waals surface area contributed by atoms with Gasteiger partial charge in [-0.25, -0.2) is 11.9 Å². The predicted octanol–water partition coefficient (Wildman–Crippen LogP) is -1.96. The molecule has 0 aromatic rings. The summed E-state index contributed by atoms with van der Waals surface area (Å²) in [6.45, 7) is 2.60. The summed E-state index contributed by atoms with van der Waals surface area (Å²) in [5.41, 5.74) is 0. The van der Waals surface area contributed by atoms with E-state index in [1.165, 1.54) is 0 Å². The van der Waals surface area contributed by atoms with Gasteiger partial charge in [0.15, 0.2) is 0 Å². The number of hydrogen-bond donors (Lipinski definition) is 2. The largest absolute Gasteiger partial charge is 1.00 e. The Bertz CT molecular complexity index is 50.5. The van der Waals surface area contributed by atoms with Crippen LogP contribution < -0.4 is 18.9 Å². The molecule has 0 aliphatic rings. The van der Waals surface area contributed by atoms with Crippen molar-refractivity contribution in [2.24, 2.45) is 0 Å². The Morgan fingerprint density at radius 1 is 1.67 bits per heavy atom. The van der Waals surface area contributed by atoms with Crippen molar-refractivity contribution in [3.05, 3.63) is 7.11 Å². The summed E-state index contributed by atoms with van der Waals surface area (Å²) in [6, 6.07) is 0. The molecule has 2 N–H and O–H groups in total. The summed E-state index contributed by atoms with van der Waals surface area (Å²) in [5.74, 6) is 0. The van der Waals surface area contributed by atoms with Crippen LogP contribution in [0, 0.1) is 7.11 Å². The molecule has 4 nitrogen and oxygen atoms in total. The van der Waals surface area contributed by atoms with Gasteiger partial charge in [0.25, 0.3) is 0 Å². The zero-order valence-corrected chi connectivity index (χ0v) is 5.63. The van der Waals surface area contributed by atoms with Gasteiger partial charge in [-0.1, -0.05) is 0 Å². The Morgan fingerprint density at radius 3 is 1.78 bits per heavy atom. The third kappa shape index (κ3) is 388. The van der Waals surface area contributed by atoms with E-state index in [-0.39, 0.29) is 18.9 Å². The van der Waals surface area contributed by atoms with Crippen LogP contribution in [0.25, 0.3) is 0 Å². The van der Waals surface area contributed by atoms with E-state index in [9.17, 15) is 0 Å². The molecule has 0 saturated heterocycles. The molecule has 0 spiro atoms. The average molecular weight is 128 g/mol. The van der Waals surface area contributed by atoms with Crippen LogP contribution in [0.5, 0.6) is 0 Å². The summed E-state index contributed by atoms with van der Waals surface area (Å²) in [6.07, 6.45) is -1.83. The van der Waals surface area contributed by atoms with Crippen molar-refractivity contribution in [1.82, 2.24) is 0 Å². The Morgan fingerprint density at radius 2 is 1.78 bits per heavy atom. The first-order valence-corrected chi connectivity index (χ1v) is 1.94. The van der Waals surface area contributed by atoms with E-state index in [0.29, 0.717) is 6.61 Å². The number of hydrogen-bond acceptors (Lipinski definition) is 2. The molecule has 0 saturated carbocycles. The molecule has 0 aromatic carbocycles. The molecule has 0 fully saturated rings. The van der Waals surface area contributed by atoms with Crippen LogP contribution in [0.3, 0.4) is 0 Å². The molecule has 0 atom stereocenters. The maximum Gasteiger partial charge on any atom is 1.00 e. The molecule has 0 unspecified atom stereocenters. The quantitative estimate of drug-likeness (QED) is 0.318. The van der Waals surface area contributed by atoms with Crippen molar-refractivity contribution < 1.29 is 38.6 Å². The Balaban J connectivity index is -0.0000000720. The first-order valence-electron chi connectivity index (χ1n) is 1.94. The Kier molecular flexibility index (Phi) is 27.7. The second-order valence-corrected chi connectivity index (χ2v) is 0.775. The number of carbonyl (C=O) groups is 1.